The highest BCUT2D eigenvalue weighted by Gasteiger charge is 2.06. The van der Waals surface area contributed by atoms with Crippen molar-refractivity contribution in [2.75, 3.05) is 6.54 Å². The average molecular weight is 220 g/mol. The molecule has 0 aromatic heterocycles. The summed E-state index contributed by atoms with van der Waals surface area (Å²) < 4.78 is 4.79. The molecule has 0 amide bonds. The Hall–Kier alpha value is -0.770. The number of halogens is 2. The van der Waals surface area contributed by atoms with Gasteiger partial charge >= 0.3 is 5.97 Å². The smallest absolute Gasteiger partial charge is 0.325 e. The standard InChI is InChI=1S/C8H7Cl2NO2/c9-5-1-2-7(6(10)3-5)13-8(12)4-11/h1-3H,4,11H2. The molecule has 3 nitrogen and oxygen atoms in total. The Balaban J connectivity index is 2.83. The van der Waals surface area contributed by atoms with Gasteiger partial charge in [0.05, 0.1) is 11.6 Å². The summed E-state index contributed by atoms with van der Waals surface area (Å²) in [6.07, 6.45) is 0. The van der Waals surface area contributed by atoms with Crippen LogP contribution in [0.25, 0.3) is 0 Å². The van der Waals surface area contributed by atoms with Gasteiger partial charge in [0.1, 0.15) is 5.75 Å². The topological polar surface area (TPSA) is 52.3 Å². The highest BCUT2D eigenvalue weighted by molar-refractivity contribution is 6.35. The van der Waals surface area contributed by atoms with Crippen LogP contribution >= 0.6 is 23.2 Å². The van der Waals surface area contributed by atoms with Gasteiger partial charge < -0.3 is 10.5 Å². The van der Waals surface area contributed by atoms with Crippen LogP contribution in [0.2, 0.25) is 10.0 Å². The number of hydrogen-bond donors (Lipinski definition) is 1. The molecule has 0 spiro atoms. The lowest BCUT2D eigenvalue weighted by Crippen LogP contribution is -2.19. The monoisotopic (exact) mass is 219 g/mol. The molecule has 0 bridgehead atoms. The Morgan fingerprint density at radius 3 is 2.69 bits per heavy atom. The molecule has 1 rings (SSSR count). The molecule has 0 radical (unpaired) electrons. The molecule has 0 unspecified atom stereocenters. The molecule has 2 N–H and O–H groups in total. The van der Waals surface area contributed by atoms with Crippen molar-refractivity contribution in [3.8, 4) is 5.75 Å². The van der Waals surface area contributed by atoms with Gasteiger partial charge in [0.25, 0.3) is 0 Å². The molecule has 0 saturated carbocycles. The third kappa shape index (κ3) is 2.88. The highest BCUT2D eigenvalue weighted by atomic mass is 35.5. The summed E-state index contributed by atoms with van der Waals surface area (Å²) in [6, 6.07) is 4.58. The summed E-state index contributed by atoms with van der Waals surface area (Å²) in [5, 5.41) is 0.770. The number of benzene rings is 1. The first-order chi connectivity index (χ1) is 6.13. The number of nitrogens with two attached hydrogens (primary N) is 1. The zero-order valence-electron chi connectivity index (χ0n) is 6.59. The second-order valence-corrected chi connectivity index (χ2v) is 3.10. The summed E-state index contributed by atoms with van der Waals surface area (Å²) in [5.41, 5.74) is 5.06. The van der Waals surface area contributed by atoms with Crippen LogP contribution in [0.15, 0.2) is 18.2 Å². The molecule has 1 aromatic rings. The molecule has 13 heavy (non-hydrogen) atoms. The van der Waals surface area contributed by atoms with E-state index < -0.39 is 5.97 Å². The van der Waals surface area contributed by atoms with Crippen LogP contribution in [-0.4, -0.2) is 12.5 Å². The third-order valence-electron chi connectivity index (χ3n) is 1.28. The van der Waals surface area contributed by atoms with Gasteiger partial charge in [-0.2, -0.15) is 0 Å². The minimum Gasteiger partial charge on any atom is -0.424 e. The van der Waals surface area contributed by atoms with E-state index in [0.717, 1.165) is 0 Å². The minimum atomic E-state index is -0.538. The minimum absolute atomic E-state index is 0.182. The SMILES string of the molecule is NCC(=O)Oc1ccc(Cl)cc1Cl. The van der Waals surface area contributed by atoms with Crippen molar-refractivity contribution in [2.24, 2.45) is 5.73 Å². The molecule has 0 heterocycles. The zero-order valence-corrected chi connectivity index (χ0v) is 8.10. The summed E-state index contributed by atoms with van der Waals surface area (Å²) in [4.78, 5) is 10.8. The van der Waals surface area contributed by atoms with Crippen LogP contribution in [0.4, 0.5) is 0 Å². The van der Waals surface area contributed by atoms with Crippen molar-refractivity contribution >= 4 is 29.2 Å². The Morgan fingerprint density at radius 1 is 1.46 bits per heavy atom. The van der Waals surface area contributed by atoms with Gasteiger partial charge in [0.2, 0.25) is 0 Å². The van der Waals surface area contributed by atoms with E-state index in [2.05, 4.69) is 0 Å². The van der Waals surface area contributed by atoms with Gasteiger partial charge in [0, 0.05) is 5.02 Å². The maximum Gasteiger partial charge on any atom is 0.325 e. The maximum absolute atomic E-state index is 10.8. The summed E-state index contributed by atoms with van der Waals surface area (Å²) in [7, 11) is 0. The van der Waals surface area contributed by atoms with Gasteiger partial charge in [-0.1, -0.05) is 23.2 Å². The molecular formula is C8H7Cl2NO2. The quantitative estimate of drug-likeness (QED) is 0.611. The van der Waals surface area contributed by atoms with Crippen LogP contribution in [0.3, 0.4) is 0 Å². The van der Waals surface area contributed by atoms with Gasteiger partial charge in [-0.25, -0.2) is 0 Å². The molecule has 0 aliphatic carbocycles. The maximum atomic E-state index is 10.8. The summed E-state index contributed by atoms with van der Waals surface area (Å²) in [6.45, 7) is -0.182. The lowest BCUT2D eigenvalue weighted by Gasteiger charge is -2.04. The summed E-state index contributed by atoms with van der Waals surface area (Å²) in [5.74, 6) is -0.272. The van der Waals surface area contributed by atoms with E-state index in [-0.39, 0.29) is 17.3 Å². The normalized spacial score (nSPS) is 9.77. The van der Waals surface area contributed by atoms with E-state index in [4.69, 9.17) is 33.7 Å². The Morgan fingerprint density at radius 2 is 2.15 bits per heavy atom. The number of carbonyl (C=O) groups excluding carboxylic acids is 1. The highest BCUT2D eigenvalue weighted by Crippen LogP contribution is 2.27. The van der Waals surface area contributed by atoms with Gasteiger partial charge in [-0.15, -0.1) is 0 Å². The van der Waals surface area contributed by atoms with Crippen molar-refractivity contribution in [3.05, 3.63) is 28.2 Å². The van der Waals surface area contributed by atoms with Crippen molar-refractivity contribution in [1.29, 1.82) is 0 Å². The Bertz CT molecular complexity index is 328. The fourth-order valence-corrected chi connectivity index (χ4v) is 1.17. The first-order valence-corrected chi connectivity index (χ1v) is 4.25. The number of rotatable bonds is 2. The van der Waals surface area contributed by atoms with Gasteiger partial charge in [0.15, 0.2) is 0 Å². The number of esters is 1. The Kier molecular flexibility index (Phi) is 3.54. The molecule has 0 saturated heterocycles. The van der Waals surface area contributed by atoms with Crippen LogP contribution in [0, 0.1) is 0 Å². The predicted molar refractivity (Wildman–Crippen MR) is 51.2 cm³/mol. The first kappa shape index (κ1) is 10.3. The lowest BCUT2D eigenvalue weighted by atomic mass is 10.3. The molecule has 0 fully saturated rings. The van der Waals surface area contributed by atoms with Crippen LogP contribution in [-0.2, 0) is 4.79 Å². The van der Waals surface area contributed by atoms with Gasteiger partial charge in [-0.05, 0) is 18.2 Å². The van der Waals surface area contributed by atoms with E-state index >= 15 is 0 Å². The number of hydrogen-bond acceptors (Lipinski definition) is 3. The van der Waals surface area contributed by atoms with Crippen molar-refractivity contribution in [1.82, 2.24) is 0 Å². The van der Waals surface area contributed by atoms with Crippen molar-refractivity contribution in [3.63, 3.8) is 0 Å². The van der Waals surface area contributed by atoms with Crippen molar-refractivity contribution in [2.45, 2.75) is 0 Å². The fourth-order valence-electron chi connectivity index (χ4n) is 0.722. The molecule has 0 aliphatic rings. The second-order valence-electron chi connectivity index (χ2n) is 2.25. The summed E-state index contributed by atoms with van der Waals surface area (Å²) >= 11 is 11.4. The van der Waals surface area contributed by atoms with E-state index in [1.54, 1.807) is 6.07 Å². The molecule has 1 aromatic carbocycles. The Labute approximate surface area is 85.4 Å². The second kappa shape index (κ2) is 4.46. The molecule has 5 heteroatoms. The van der Waals surface area contributed by atoms with E-state index in [9.17, 15) is 4.79 Å². The molecule has 70 valence electrons. The average Bonchev–Trinajstić information content (AvgIpc) is 2.09. The number of ether oxygens (including phenoxy) is 1. The van der Waals surface area contributed by atoms with Crippen LogP contribution in [0.5, 0.6) is 5.75 Å². The van der Waals surface area contributed by atoms with Crippen LogP contribution in [0.1, 0.15) is 0 Å². The molecule has 0 aliphatic heterocycles. The molecule has 0 atom stereocenters. The van der Waals surface area contributed by atoms with E-state index in [0.29, 0.717) is 5.02 Å². The van der Waals surface area contributed by atoms with Crippen LogP contribution < -0.4 is 10.5 Å². The lowest BCUT2D eigenvalue weighted by molar-refractivity contribution is -0.132. The van der Waals surface area contributed by atoms with Crippen molar-refractivity contribution < 1.29 is 9.53 Å². The van der Waals surface area contributed by atoms with Gasteiger partial charge in [-0.3, -0.25) is 4.79 Å². The predicted octanol–water partition coefficient (Wildman–Crippen LogP) is 1.86. The fraction of sp³-hybridized carbons (Fsp3) is 0.125. The zero-order chi connectivity index (χ0) is 9.84. The first-order valence-electron chi connectivity index (χ1n) is 3.49. The molecular weight excluding hydrogens is 213 g/mol. The third-order valence-corrected chi connectivity index (χ3v) is 1.81. The number of carbonyl (C=O) groups is 1. The largest absolute Gasteiger partial charge is 0.424 e. The van der Waals surface area contributed by atoms with E-state index in [1.165, 1.54) is 12.1 Å². The van der Waals surface area contributed by atoms with E-state index in [1.807, 2.05) is 0 Å².